The van der Waals surface area contributed by atoms with Crippen LogP contribution in [0.2, 0.25) is 5.02 Å². The highest BCUT2D eigenvalue weighted by atomic mass is 35.5. The Labute approximate surface area is 162 Å². The number of aryl methyl sites for hydroxylation is 1. The molecular weight excluding hydrogens is 372 g/mol. The van der Waals surface area contributed by atoms with Gasteiger partial charge in [-0.2, -0.15) is 0 Å². The summed E-state index contributed by atoms with van der Waals surface area (Å²) in [6, 6.07) is 10.5. The maximum absolute atomic E-state index is 12.3. The van der Waals surface area contributed by atoms with Crippen molar-refractivity contribution in [3.63, 3.8) is 0 Å². The van der Waals surface area contributed by atoms with Crippen molar-refractivity contribution in [3.8, 4) is 17.2 Å². The fourth-order valence-electron chi connectivity index (χ4n) is 2.27. The molecule has 7 nitrogen and oxygen atoms in total. The average Bonchev–Trinajstić information content (AvgIpc) is 2.63. The Hall–Kier alpha value is -2.93. The zero-order valence-corrected chi connectivity index (χ0v) is 15.8. The van der Waals surface area contributed by atoms with E-state index in [0.717, 1.165) is 11.3 Å². The molecule has 144 valence electrons. The van der Waals surface area contributed by atoms with E-state index >= 15 is 0 Å². The lowest BCUT2D eigenvalue weighted by atomic mass is 10.2. The second kappa shape index (κ2) is 9.68. The van der Waals surface area contributed by atoms with E-state index in [0.29, 0.717) is 18.7 Å². The maximum Gasteiger partial charge on any atom is 0.255 e. The van der Waals surface area contributed by atoms with Crippen molar-refractivity contribution < 1.29 is 23.8 Å². The molecule has 0 spiro atoms. The van der Waals surface area contributed by atoms with Gasteiger partial charge in [-0.05, 0) is 36.8 Å². The Morgan fingerprint density at radius 1 is 1.19 bits per heavy atom. The third-order valence-electron chi connectivity index (χ3n) is 3.50. The quantitative estimate of drug-likeness (QED) is 0.638. The molecule has 0 fully saturated rings. The van der Waals surface area contributed by atoms with Gasteiger partial charge < -0.3 is 25.3 Å². The minimum atomic E-state index is -0.649. The number of ether oxygens (including phenoxy) is 3. The fourth-order valence-corrected chi connectivity index (χ4v) is 2.54. The van der Waals surface area contributed by atoms with E-state index in [4.69, 9.17) is 31.5 Å². The van der Waals surface area contributed by atoms with Gasteiger partial charge in [0.05, 0.1) is 18.7 Å². The van der Waals surface area contributed by atoms with Crippen LogP contribution >= 0.6 is 11.6 Å². The summed E-state index contributed by atoms with van der Waals surface area (Å²) < 4.78 is 16.0. The van der Waals surface area contributed by atoms with Crippen LogP contribution in [0.15, 0.2) is 36.4 Å². The molecule has 0 saturated carbocycles. The van der Waals surface area contributed by atoms with Crippen LogP contribution in [0.4, 0.5) is 0 Å². The van der Waals surface area contributed by atoms with E-state index in [-0.39, 0.29) is 29.0 Å². The topological polar surface area (TPSA) is 99.9 Å². The summed E-state index contributed by atoms with van der Waals surface area (Å²) in [7, 11) is 1.40. The van der Waals surface area contributed by atoms with Gasteiger partial charge in [-0.1, -0.05) is 23.7 Å². The molecule has 0 unspecified atom stereocenters. The van der Waals surface area contributed by atoms with Crippen LogP contribution in [0.25, 0.3) is 0 Å². The zero-order chi connectivity index (χ0) is 19.8. The van der Waals surface area contributed by atoms with Crippen molar-refractivity contribution in [1.29, 1.82) is 0 Å². The molecule has 0 bridgehead atoms. The van der Waals surface area contributed by atoms with Crippen molar-refractivity contribution in [2.75, 3.05) is 26.9 Å². The molecule has 0 aliphatic heterocycles. The van der Waals surface area contributed by atoms with Gasteiger partial charge in [0.15, 0.2) is 18.1 Å². The smallest absolute Gasteiger partial charge is 0.255 e. The van der Waals surface area contributed by atoms with E-state index in [9.17, 15) is 9.59 Å². The molecule has 0 saturated heterocycles. The number of nitrogens with one attached hydrogen (secondary N) is 1. The highest BCUT2D eigenvalue weighted by molar-refractivity contribution is 6.32. The number of carbonyl (C=O) groups excluding carboxylic acids is 2. The molecule has 2 amide bonds. The van der Waals surface area contributed by atoms with Gasteiger partial charge in [0.2, 0.25) is 0 Å². The van der Waals surface area contributed by atoms with Gasteiger partial charge >= 0.3 is 0 Å². The van der Waals surface area contributed by atoms with E-state index in [1.807, 2.05) is 31.2 Å². The summed E-state index contributed by atoms with van der Waals surface area (Å²) in [5, 5.41) is 2.87. The first-order valence-electron chi connectivity index (χ1n) is 8.17. The highest BCUT2D eigenvalue weighted by Crippen LogP contribution is 2.36. The Kier molecular flexibility index (Phi) is 7.31. The number of primary amides is 1. The normalized spacial score (nSPS) is 10.2. The number of rotatable bonds is 9. The largest absolute Gasteiger partial charge is 0.493 e. The summed E-state index contributed by atoms with van der Waals surface area (Å²) in [6.07, 6.45) is 0. The first-order valence-corrected chi connectivity index (χ1v) is 8.55. The molecule has 27 heavy (non-hydrogen) atoms. The van der Waals surface area contributed by atoms with Crippen LogP contribution in [-0.2, 0) is 4.79 Å². The van der Waals surface area contributed by atoms with E-state index in [1.54, 1.807) is 0 Å². The summed E-state index contributed by atoms with van der Waals surface area (Å²) in [5.41, 5.74) is 6.44. The summed E-state index contributed by atoms with van der Waals surface area (Å²) >= 11 is 6.14. The second-order valence-corrected chi connectivity index (χ2v) is 6.07. The van der Waals surface area contributed by atoms with Crippen molar-refractivity contribution in [3.05, 3.63) is 52.5 Å². The number of halogens is 1. The van der Waals surface area contributed by atoms with Gasteiger partial charge in [0, 0.05) is 5.56 Å². The van der Waals surface area contributed by atoms with E-state index in [2.05, 4.69) is 5.32 Å². The van der Waals surface area contributed by atoms with Crippen LogP contribution in [-0.4, -0.2) is 38.7 Å². The first kappa shape index (κ1) is 20.4. The monoisotopic (exact) mass is 392 g/mol. The molecule has 2 aromatic rings. The molecule has 3 N–H and O–H groups in total. The Morgan fingerprint density at radius 2 is 1.96 bits per heavy atom. The molecule has 0 heterocycles. The minimum absolute atomic E-state index is 0.136. The molecule has 0 aliphatic carbocycles. The van der Waals surface area contributed by atoms with Crippen molar-refractivity contribution in [2.45, 2.75) is 6.92 Å². The summed E-state index contributed by atoms with van der Waals surface area (Å²) in [5.74, 6) is 0.125. The number of benzene rings is 2. The van der Waals surface area contributed by atoms with Gasteiger partial charge in [0.25, 0.3) is 11.8 Å². The maximum atomic E-state index is 12.3. The standard InChI is InChI=1S/C19H21ClN2O5/c1-12-4-3-5-14(8-12)26-7-6-22-19(24)13-9-15(20)18(16(10-13)25-2)27-11-17(21)23/h3-5,8-10H,6-7,11H2,1-2H3,(H2,21,23)(H,22,24). The van der Waals surface area contributed by atoms with Crippen LogP contribution in [0.3, 0.4) is 0 Å². The van der Waals surface area contributed by atoms with E-state index in [1.165, 1.54) is 19.2 Å². The van der Waals surface area contributed by atoms with Crippen LogP contribution < -0.4 is 25.3 Å². The molecular formula is C19H21ClN2O5. The van der Waals surface area contributed by atoms with Crippen molar-refractivity contribution >= 4 is 23.4 Å². The average molecular weight is 393 g/mol. The number of hydrogen-bond donors (Lipinski definition) is 2. The van der Waals surface area contributed by atoms with Crippen molar-refractivity contribution in [1.82, 2.24) is 5.32 Å². The molecule has 0 aliphatic rings. The van der Waals surface area contributed by atoms with E-state index < -0.39 is 5.91 Å². The first-order chi connectivity index (χ1) is 12.9. The summed E-state index contributed by atoms with van der Waals surface area (Å²) in [6.45, 7) is 2.26. The predicted octanol–water partition coefficient (Wildman–Crippen LogP) is 2.33. The third kappa shape index (κ3) is 6.07. The molecule has 8 heteroatoms. The van der Waals surface area contributed by atoms with Crippen LogP contribution in [0.5, 0.6) is 17.2 Å². The number of amides is 2. The summed E-state index contributed by atoms with van der Waals surface area (Å²) in [4.78, 5) is 23.2. The second-order valence-electron chi connectivity index (χ2n) is 5.67. The Bertz CT molecular complexity index is 826. The lowest BCUT2D eigenvalue weighted by Crippen LogP contribution is -2.28. The minimum Gasteiger partial charge on any atom is -0.493 e. The van der Waals surface area contributed by atoms with Crippen LogP contribution in [0.1, 0.15) is 15.9 Å². The van der Waals surface area contributed by atoms with Gasteiger partial charge in [-0.15, -0.1) is 0 Å². The number of nitrogens with two attached hydrogens (primary N) is 1. The lowest BCUT2D eigenvalue weighted by molar-refractivity contribution is -0.119. The number of hydrogen-bond acceptors (Lipinski definition) is 5. The predicted molar refractivity (Wildman–Crippen MR) is 102 cm³/mol. The van der Waals surface area contributed by atoms with Gasteiger partial charge in [-0.25, -0.2) is 0 Å². The van der Waals surface area contributed by atoms with Crippen molar-refractivity contribution in [2.24, 2.45) is 5.73 Å². The van der Waals surface area contributed by atoms with Crippen LogP contribution in [0, 0.1) is 6.92 Å². The number of methoxy groups -OCH3 is 1. The highest BCUT2D eigenvalue weighted by Gasteiger charge is 2.16. The number of carbonyl (C=O) groups is 2. The van der Waals surface area contributed by atoms with Gasteiger partial charge in [0.1, 0.15) is 12.4 Å². The molecule has 0 atom stereocenters. The van der Waals surface area contributed by atoms with Gasteiger partial charge in [-0.3, -0.25) is 9.59 Å². The third-order valence-corrected chi connectivity index (χ3v) is 3.78. The molecule has 2 rings (SSSR count). The lowest BCUT2D eigenvalue weighted by Gasteiger charge is -2.13. The Morgan fingerprint density at radius 3 is 2.63 bits per heavy atom. The fraction of sp³-hybridized carbons (Fsp3) is 0.263. The zero-order valence-electron chi connectivity index (χ0n) is 15.1. The SMILES string of the molecule is COc1cc(C(=O)NCCOc2cccc(C)c2)cc(Cl)c1OCC(N)=O. The molecule has 0 radical (unpaired) electrons. The Balaban J connectivity index is 1.95. The molecule has 0 aromatic heterocycles. The molecule has 2 aromatic carbocycles.